The van der Waals surface area contributed by atoms with Gasteiger partial charge in [-0.15, -0.1) is 0 Å². The summed E-state index contributed by atoms with van der Waals surface area (Å²) in [5.41, 5.74) is 5.33. The van der Waals surface area contributed by atoms with Crippen LogP contribution in [0.4, 0.5) is 0 Å². The first-order valence-corrected chi connectivity index (χ1v) is 24.2. The fraction of sp³-hybridized carbons (Fsp3) is 0.886. The summed E-state index contributed by atoms with van der Waals surface area (Å²) < 4.78 is 32.7. The van der Waals surface area contributed by atoms with E-state index in [0.717, 1.165) is 57.8 Å². The molecule has 11 nitrogen and oxygen atoms in total. The minimum absolute atomic E-state index is 0.165. The molecule has 0 bridgehead atoms. The second kappa shape index (κ2) is 40.0. The normalized spacial score (nSPS) is 13.8. The summed E-state index contributed by atoms with van der Waals surface area (Å²) in [6.45, 7) is 2.80. The minimum Gasteiger partial charge on any atom is -0.480 e. The average molecular weight is 818 g/mol. The van der Waals surface area contributed by atoms with Gasteiger partial charge in [-0.25, -0.2) is 4.57 Å². The SMILES string of the molecule is CCCCC/C=C/CCCCCCCC(=O)OC[C@@H](COP(=O)(O)OC[C@H](N)C(=O)O)OC(=O)CCCCCCCCCCCCCCCCCCCCCC. The molecule has 4 N–H and O–H groups in total. The lowest BCUT2D eigenvalue weighted by Crippen LogP contribution is -2.34. The van der Waals surface area contributed by atoms with Crippen molar-refractivity contribution < 1.29 is 47.5 Å². The molecule has 0 aromatic heterocycles. The van der Waals surface area contributed by atoms with Crippen LogP contribution in [-0.4, -0.2) is 59.9 Å². The quantitative estimate of drug-likeness (QED) is 0.0231. The number of carboxylic acids is 1. The van der Waals surface area contributed by atoms with Gasteiger partial charge in [-0.2, -0.15) is 0 Å². The number of phosphoric ester groups is 1. The van der Waals surface area contributed by atoms with Gasteiger partial charge in [-0.3, -0.25) is 23.4 Å². The molecule has 0 saturated heterocycles. The second-order valence-electron chi connectivity index (χ2n) is 15.5. The third kappa shape index (κ3) is 39.1. The molecule has 0 aliphatic rings. The summed E-state index contributed by atoms with van der Waals surface area (Å²) in [7, 11) is -4.71. The van der Waals surface area contributed by atoms with E-state index in [-0.39, 0.29) is 19.4 Å². The molecule has 0 fully saturated rings. The third-order valence-corrected chi connectivity index (χ3v) is 11.0. The Morgan fingerprint density at radius 3 is 1.34 bits per heavy atom. The van der Waals surface area contributed by atoms with Crippen molar-refractivity contribution in [1.82, 2.24) is 0 Å². The van der Waals surface area contributed by atoms with E-state index in [1.54, 1.807) is 0 Å². The Morgan fingerprint density at radius 2 is 0.893 bits per heavy atom. The van der Waals surface area contributed by atoms with E-state index in [0.29, 0.717) is 12.8 Å². The van der Waals surface area contributed by atoms with E-state index < -0.39 is 51.1 Å². The molecular weight excluding hydrogens is 733 g/mol. The number of carboxylic acid groups (broad SMARTS) is 1. The summed E-state index contributed by atoms with van der Waals surface area (Å²) in [4.78, 5) is 45.9. The van der Waals surface area contributed by atoms with Gasteiger partial charge < -0.3 is 25.2 Å². The number of allylic oxidation sites excluding steroid dienone is 2. The van der Waals surface area contributed by atoms with Crippen LogP contribution >= 0.6 is 7.82 Å². The number of hydrogen-bond donors (Lipinski definition) is 3. The summed E-state index contributed by atoms with van der Waals surface area (Å²) in [5, 5.41) is 8.89. The van der Waals surface area contributed by atoms with Gasteiger partial charge in [0.15, 0.2) is 6.10 Å². The van der Waals surface area contributed by atoms with Gasteiger partial charge in [-0.05, 0) is 38.5 Å². The number of unbranched alkanes of at least 4 members (excludes halogenated alkanes) is 27. The van der Waals surface area contributed by atoms with Crippen LogP contribution < -0.4 is 5.73 Å². The summed E-state index contributed by atoms with van der Waals surface area (Å²) in [6.07, 6.45) is 39.9. The number of nitrogens with two attached hydrogens (primary N) is 1. The van der Waals surface area contributed by atoms with Crippen LogP contribution in [0.3, 0.4) is 0 Å². The van der Waals surface area contributed by atoms with Crippen molar-refractivity contribution in [2.75, 3.05) is 19.8 Å². The molecule has 330 valence electrons. The molecule has 0 rings (SSSR count). The van der Waals surface area contributed by atoms with Crippen LogP contribution in [0.25, 0.3) is 0 Å². The molecule has 3 atom stereocenters. The van der Waals surface area contributed by atoms with E-state index in [4.69, 9.17) is 24.8 Å². The third-order valence-electron chi connectivity index (χ3n) is 10.0. The number of esters is 2. The van der Waals surface area contributed by atoms with Gasteiger partial charge in [0.2, 0.25) is 0 Å². The number of rotatable bonds is 43. The predicted molar refractivity (Wildman–Crippen MR) is 226 cm³/mol. The molecule has 0 radical (unpaired) electrons. The first-order valence-electron chi connectivity index (χ1n) is 22.7. The molecule has 0 aliphatic heterocycles. The van der Waals surface area contributed by atoms with Crippen LogP contribution in [0.5, 0.6) is 0 Å². The molecule has 0 aliphatic carbocycles. The van der Waals surface area contributed by atoms with Gasteiger partial charge in [0.25, 0.3) is 0 Å². The number of phosphoric acid groups is 1. The van der Waals surface area contributed by atoms with Crippen LogP contribution in [-0.2, 0) is 37.5 Å². The maximum Gasteiger partial charge on any atom is 0.472 e. The van der Waals surface area contributed by atoms with Crippen LogP contribution in [0, 0.1) is 0 Å². The van der Waals surface area contributed by atoms with Crippen molar-refractivity contribution in [3.05, 3.63) is 12.2 Å². The molecule has 0 heterocycles. The highest BCUT2D eigenvalue weighted by Gasteiger charge is 2.28. The standard InChI is InChI=1S/C44H84NO10P/c1-3-5-7-9-11-13-15-17-18-19-20-21-22-23-24-26-28-30-32-34-36-43(47)55-40(38-53-56(50,51)54-39-41(45)44(48)49)37-52-42(46)35-33-31-29-27-25-16-14-12-10-8-6-4-2/h12,14,40-41H,3-11,13,15-39,45H2,1-2H3,(H,48,49)(H,50,51)/b14-12+/t40-,41-/m0/s1. The van der Waals surface area contributed by atoms with Crippen molar-refractivity contribution in [3.8, 4) is 0 Å². The molecule has 12 heteroatoms. The fourth-order valence-corrected chi connectivity index (χ4v) is 7.19. The number of ether oxygens (including phenoxy) is 2. The topological polar surface area (TPSA) is 172 Å². The summed E-state index contributed by atoms with van der Waals surface area (Å²) >= 11 is 0. The second-order valence-corrected chi connectivity index (χ2v) is 17.0. The number of carbonyl (C=O) groups is 3. The Bertz CT molecular complexity index is 1010. The van der Waals surface area contributed by atoms with Gasteiger partial charge >= 0.3 is 25.7 Å². The highest BCUT2D eigenvalue weighted by Crippen LogP contribution is 2.43. The number of hydrogen-bond acceptors (Lipinski definition) is 9. The van der Waals surface area contributed by atoms with Crippen molar-refractivity contribution in [2.24, 2.45) is 5.73 Å². The maximum absolute atomic E-state index is 12.6. The van der Waals surface area contributed by atoms with Crippen molar-refractivity contribution in [1.29, 1.82) is 0 Å². The Kier molecular flexibility index (Phi) is 38.7. The lowest BCUT2D eigenvalue weighted by atomic mass is 10.0. The first-order chi connectivity index (χ1) is 27.1. The molecule has 0 aromatic rings. The van der Waals surface area contributed by atoms with Gasteiger partial charge in [0.1, 0.15) is 12.6 Å². The minimum atomic E-state index is -4.71. The predicted octanol–water partition coefficient (Wildman–Crippen LogP) is 12.1. The van der Waals surface area contributed by atoms with Crippen LogP contribution in [0.15, 0.2) is 12.2 Å². The monoisotopic (exact) mass is 818 g/mol. The zero-order valence-corrected chi connectivity index (χ0v) is 36.6. The van der Waals surface area contributed by atoms with E-state index in [1.807, 2.05) is 0 Å². The fourth-order valence-electron chi connectivity index (χ4n) is 6.41. The van der Waals surface area contributed by atoms with Gasteiger partial charge in [0.05, 0.1) is 13.2 Å². The largest absolute Gasteiger partial charge is 0.480 e. The van der Waals surface area contributed by atoms with Crippen molar-refractivity contribution >= 4 is 25.7 Å². The van der Waals surface area contributed by atoms with E-state index >= 15 is 0 Å². The van der Waals surface area contributed by atoms with E-state index in [1.165, 1.54) is 122 Å². The summed E-state index contributed by atoms with van der Waals surface area (Å²) in [6, 6.07) is -1.52. The van der Waals surface area contributed by atoms with E-state index in [9.17, 15) is 23.8 Å². The van der Waals surface area contributed by atoms with Gasteiger partial charge in [0, 0.05) is 12.8 Å². The van der Waals surface area contributed by atoms with Gasteiger partial charge in [-0.1, -0.05) is 180 Å². The Labute approximate surface area is 341 Å². The lowest BCUT2D eigenvalue weighted by Gasteiger charge is -2.20. The Hall–Kier alpha value is -1.78. The molecule has 0 saturated carbocycles. The molecule has 0 amide bonds. The molecular formula is C44H84NO10P. The van der Waals surface area contributed by atoms with E-state index in [2.05, 4.69) is 30.5 Å². The average Bonchev–Trinajstić information content (AvgIpc) is 3.17. The zero-order chi connectivity index (χ0) is 41.4. The number of carbonyl (C=O) groups excluding carboxylic acids is 2. The molecule has 1 unspecified atom stereocenters. The van der Waals surface area contributed by atoms with Crippen LogP contribution in [0.1, 0.15) is 219 Å². The lowest BCUT2D eigenvalue weighted by molar-refractivity contribution is -0.161. The smallest absolute Gasteiger partial charge is 0.472 e. The Balaban J connectivity index is 4.26. The molecule has 0 aromatic carbocycles. The molecule has 0 spiro atoms. The first kappa shape index (κ1) is 54.2. The highest BCUT2D eigenvalue weighted by molar-refractivity contribution is 7.47. The molecule has 56 heavy (non-hydrogen) atoms. The van der Waals surface area contributed by atoms with Crippen molar-refractivity contribution in [3.63, 3.8) is 0 Å². The van der Waals surface area contributed by atoms with Crippen molar-refractivity contribution in [2.45, 2.75) is 231 Å². The highest BCUT2D eigenvalue weighted by atomic mass is 31.2. The zero-order valence-electron chi connectivity index (χ0n) is 35.7. The Morgan fingerprint density at radius 1 is 0.536 bits per heavy atom. The summed E-state index contributed by atoms with van der Waals surface area (Å²) in [5.74, 6) is -2.38. The maximum atomic E-state index is 12.6. The number of aliphatic carboxylic acids is 1. The van der Waals surface area contributed by atoms with Crippen LogP contribution in [0.2, 0.25) is 0 Å².